The molecule has 0 aliphatic carbocycles. The van der Waals surface area contributed by atoms with Gasteiger partial charge in [0.15, 0.2) is 5.16 Å². The summed E-state index contributed by atoms with van der Waals surface area (Å²) < 4.78 is 3.31. The lowest BCUT2D eigenvalue weighted by Crippen LogP contribution is -2.25. The monoisotopic (exact) mass is 461 g/mol. The van der Waals surface area contributed by atoms with Crippen LogP contribution in [0.3, 0.4) is 0 Å². The number of aryl methyl sites for hydroxylation is 1. The maximum atomic E-state index is 13.2. The van der Waals surface area contributed by atoms with Crippen molar-refractivity contribution in [3.05, 3.63) is 82.3 Å². The molecule has 4 rings (SSSR count). The zero-order valence-corrected chi connectivity index (χ0v) is 20.0. The summed E-state index contributed by atoms with van der Waals surface area (Å²) in [6.07, 6.45) is 0. The van der Waals surface area contributed by atoms with Gasteiger partial charge in [0.25, 0.3) is 5.56 Å². The number of amides is 1. The maximum Gasteiger partial charge on any atom is 0.262 e. The van der Waals surface area contributed by atoms with E-state index in [4.69, 9.17) is 4.98 Å². The Hall–Kier alpha value is -3.39. The van der Waals surface area contributed by atoms with Gasteiger partial charge in [-0.05, 0) is 17.7 Å². The number of benzene rings is 2. The fourth-order valence-corrected chi connectivity index (χ4v) is 4.22. The van der Waals surface area contributed by atoms with Gasteiger partial charge in [-0.15, -0.1) is 0 Å². The van der Waals surface area contributed by atoms with Crippen LogP contribution in [0, 0.1) is 0 Å². The molecule has 1 amide bonds. The van der Waals surface area contributed by atoms with Crippen LogP contribution in [0.15, 0.2) is 70.6 Å². The molecule has 0 unspecified atom stereocenters. The van der Waals surface area contributed by atoms with E-state index >= 15 is 0 Å². The van der Waals surface area contributed by atoms with Crippen LogP contribution in [0.25, 0.3) is 10.9 Å². The van der Waals surface area contributed by atoms with E-state index in [-0.39, 0.29) is 22.6 Å². The minimum absolute atomic E-state index is 0.113. The third kappa shape index (κ3) is 5.17. The molecule has 2 heterocycles. The molecule has 0 spiro atoms. The molecular formula is C25H27N5O2S. The van der Waals surface area contributed by atoms with Crippen molar-refractivity contribution in [3.63, 3.8) is 0 Å². The van der Waals surface area contributed by atoms with E-state index in [1.807, 2.05) is 54.6 Å². The standard InChI is InChI=1S/C25H27N5O2S/c1-25(2,3)20-14-21(29(4)28-20)27-22(31)16-33-24-26-19-13-9-8-12-18(19)23(32)30(24)15-17-10-6-5-7-11-17/h5-14H,15-16H2,1-4H3,(H,27,31). The molecule has 4 aromatic rings. The molecule has 7 nitrogen and oxygen atoms in total. The largest absolute Gasteiger partial charge is 0.310 e. The number of nitrogens with one attached hydrogen (secondary N) is 1. The number of carbonyl (C=O) groups is 1. The van der Waals surface area contributed by atoms with Crippen LogP contribution < -0.4 is 10.9 Å². The number of para-hydroxylation sites is 1. The maximum absolute atomic E-state index is 13.2. The summed E-state index contributed by atoms with van der Waals surface area (Å²) in [4.78, 5) is 30.6. The van der Waals surface area contributed by atoms with Crippen molar-refractivity contribution in [2.24, 2.45) is 7.05 Å². The number of nitrogens with zero attached hydrogens (tertiary/aromatic N) is 4. The summed E-state index contributed by atoms with van der Waals surface area (Å²) in [5, 5.41) is 8.49. The van der Waals surface area contributed by atoms with Gasteiger partial charge in [-0.1, -0.05) is 75.0 Å². The van der Waals surface area contributed by atoms with Gasteiger partial charge in [0.2, 0.25) is 5.91 Å². The molecule has 0 saturated heterocycles. The normalized spacial score (nSPS) is 11.6. The third-order valence-electron chi connectivity index (χ3n) is 5.26. The minimum Gasteiger partial charge on any atom is -0.310 e. The van der Waals surface area contributed by atoms with E-state index < -0.39 is 0 Å². The fraction of sp³-hybridized carbons (Fsp3) is 0.280. The summed E-state index contributed by atoms with van der Waals surface area (Å²) in [5.74, 6) is 0.575. The molecule has 0 fully saturated rings. The van der Waals surface area contributed by atoms with Crippen molar-refractivity contribution in [2.75, 3.05) is 11.1 Å². The van der Waals surface area contributed by atoms with E-state index in [1.165, 1.54) is 11.8 Å². The Labute approximate surface area is 196 Å². The summed E-state index contributed by atoms with van der Waals surface area (Å²) in [7, 11) is 1.81. The Morgan fingerprint density at radius 2 is 1.76 bits per heavy atom. The van der Waals surface area contributed by atoms with E-state index in [1.54, 1.807) is 22.4 Å². The summed E-state index contributed by atoms with van der Waals surface area (Å²) in [6.45, 7) is 6.62. The van der Waals surface area contributed by atoms with Gasteiger partial charge in [0, 0.05) is 18.5 Å². The van der Waals surface area contributed by atoms with Crippen LogP contribution in [0.4, 0.5) is 5.82 Å². The first-order chi connectivity index (χ1) is 15.7. The van der Waals surface area contributed by atoms with E-state index in [0.29, 0.717) is 28.4 Å². The number of hydrogen-bond donors (Lipinski definition) is 1. The minimum atomic E-state index is -0.183. The highest BCUT2D eigenvalue weighted by atomic mass is 32.2. The van der Waals surface area contributed by atoms with Crippen LogP contribution in [0.5, 0.6) is 0 Å². The molecule has 1 N–H and O–H groups in total. The zero-order chi connectivity index (χ0) is 23.6. The van der Waals surface area contributed by atoms with Crippen LogP contribution in [-0.2, 0) is 23.8 Å². The van der Waals surface area contributed by atoms with Gasteiger partial charge in [-0.2, -0.15) is 5.10 Å². The van der Waals surface area contributed by atoms with Crippen molar-refractivity contribution in [1.82, 2.24) is 19.3 Å². The third-order valence-corrected chi connectivity index (χ3v) is 6.23. The Morgan fingerprint density at radius 3 is 2.45 bits per heavy atom. The van der Waals surface area contributed by atoms with Crippen molar-refractivity contribution in [1.29, 1.82) is 0 Å². The first-order valence-corrected chi connectivity index (χ1v) is 11.7. The van der Waals surface area contributed by atoms with E-state index in [0.717, 1.165) is 11.3 Å². The van der Waals surface area contributed by atoms with Gasteiger partial charge in [0.05, 0.1) is 28.9 Å². The molecule has 0 aliphatic rings. The number of fused-ring (bicyclic) bond motifs is 1. The average molecular weight is 462 g/mol. The molecule has 2 aromatic carbocycles. The van der Waals surface area contributed by atoms with Crippen molar-refractivity contribution in [2.45, 2.75) is 37.9 Å². The van der Waals surface area contributed by atoms with Crippen LogP contribution >= 0.6 is 11.8 Å². The summed E-state index contributed by atoms with van der Waals surface area (Å²) >= 11 is 1.25. The highest BCUT2D eigenvalue weighted by molar-refractivity contribution is 7.99. The predicted octanol–water partition coefficient (Wildman–Crippen LogP) is 4.21. The quantitative estimate of drug-likeness (QED) is 0.344. The Kier molecular flexibility index (Phi) is 6.37. The number of hydrogen-bond acceptors (Lipinski definition) is 5. The smallest absolute Gasteiger partial charge is 0.262 e. The van der Waals surface area contributed by atoms with Gasteiger partial charge in [-0.25, -0.2) is 4.98 Å². The highest BCUT2D eigenvalue weighted by Gasteiger charge is 2.20. The number of thioether (sulfide) groups is 1. The Balaban J connectivity index is 1.58. The molecule has 2 aromatic heterocycles. The van der Waals surface area contributed by atoms with E-state index in [2.05, 4.69) is 31.2 Å². The molecule has 170 valence electrons. The van der Waals surface area contributed by atoms with Gasteiger partial charge in [0.1, 0.15) is 5.82 Å². The topological polar surface area (TPSA) is 81.8 Å². The predicted molar refractivity (Wildman–Crippen MR) is 133 cm³/mol. The van der Waals surface area contributed by atoms with Crippen molar-refractivity contribution in [3.8, 4) is 0 Å². The van der Waals surface area contributed by atoms with Gasteiger partial charge >= 0.3 is 0 Å². The van der Waals surface area contributed by atoms with Gasteiger partial charge in [-0.3, -0.25) is 18.8 Å². The first-order valence-electron chi connectivity index (χ1n) is 10.7. The number of rotatable bonds is 6. The molecule has 0 saturated carbocycles. The second-order valence-electron chi connectivity index (χ2n) is 8.91. The molecule has 0 atom stereocenters. The second-order valence-corrected chi connectivity index (χ2v) is 9.86. The van der Waals surface area contributed by atoms with Crippen molar-refractivity contribution < 1.29 is 4.79 Å². The fourth-order valence-electron chi connectivity index (χ4n) is 3.42. The molecule has 33 heavy (non-hydrogen) atoms. The van der Waals surface area contributed by atoms with Crippen LogP contribution in [-0.4, -0.2) is 31.0 Å². The summed E-state index contributed by atoms with van der Waals surface area (Å²) in [5.41, 5.74) is 2.29. The van der Waals surface area contributed by atoms with Crippen molar-refractivity contribution >= 4 is 34.4 Å². The molecule has 8 heteroatoms. The number of carbonyl (C=O) groups excluding carboxylic acids is 1. The first kappa shape index (κ1) is 22.8. The second kappa shape index (κ2) is 9.23. The molecular weight excluding hydrogens is 434 g/mol. The lowest BCUT2D eigenvalue weighted by Gasteiger charge is -2.13. The summed E-state index contributed by atoms with van der Waals surface area (Å²) in [6, 6.07) is 18.9. The van der Waals surface area contributed by atoms with E-state index in [9.17, 15) is 9.59 Å². The SMILES string of the molecule is Cn1nc(C(C)(C)C)cc1NC(=O)CSc1nc2ccccc2c(=O)n1Cc1ccccc1. The van der Waals surface area contributed by atoms with Gasteiger partial charge < -0.3 is 5.32 Å². The average Bonchev–Trinajstić information content (AvgIpc) is 3.16. The highest BCUT2D eigenvalue weighted by Crippen LogP contribution is 2.24. The zero-order valence-electron chi connectivity index (χ0n) is 19.2. The Morgan fingerprint density at radius 1 is 1.06 bits per heavy atom. The molecule has 0 aliphatic heterocycles. The molecule has 0 radical (unpaired) electrons. The number of anilines is 1. The molecule has 0 bridgehead atoms. The lowest BCUT2D eigenvalue weighted by atomic mass is 9.92. The van der Waals surface area contributed by atoms with Crippen LogP contribution in [0.1, 0.15) is 32.0 Å². The Bertz CT molecular complexity index is 1350. The van der Waals surface area contributed by atoms with Crippen LogP contribution in [0.2, 0.25) is 0 Å². The number of aromatic nitrogens is 4. The lowest BCUT2D eigenvalue weighted by molar-refractivity contribution is -0.113.